The summed E-state index contributed by atoms with van der Waals surface area (Å²) in [7, 11) is 0. The molecule has 0 saturated carbocycles. The molecule has 1 fully saturated rings. The fourth-order valence-corrected chi connectivity index (χ4v) is 1.72. The first-order valence-electron chi connectivity index (χ1n) is 4.73. The van der Waals surface area contributed by atoms with Gasteiger partial charge in [-0.15, -0.1) is 0 Å². The maximum absolute atomic E-state index is 9.37. The molecule has 0 aromatic heterocycles. The summed E-state index contributed by atoms with van der Waals surface area (Å²) in [5.74, 6) is 0. The number of aliphatic hydroxyl groups is 1. The third kappa shape index (κ3) is 1.70. The molecule has 1 atom stereocenters. The molecule has 1 N–H and O–H groups in total. The van der Waals surface area contributed by atoms with Gasteiger partial charge in [0.25, 0.3) is 0 Å². The zero-order chi connectivity index (χ0) is 9.97. The van der Waals surface area contributed by atoms with Gasteiger partial charge in [0.2, 0.25) is 0 Å². The van der Waals surface area contributed by atoms with Gasteiger partial charge in [-0.3, -0.25) is 0 Å². The lowest BCUT2D eigenvalue weighted by Gasteiger charge is -2.17. The van der Waals surface area contributed by atoms with Crippen molar-refractivity contribution in [1.82, 2.24) is 0 Å². The van der Waals surface area contributed by atoms with Crippen LogP contribution >= 0.6 is 0 Å². The average Bonchev–Trinajstić information content (AvgIpc) is 2.65. The minimum Gasteiger partial charge on any atom is -0.391 e. The van der Waals surface area contributed by atoms with E-state index in [1.54, 1.807) is 12.1 Å². The number of hydrogen-bond donors (Lipinski definition) is 1. The van der Waals surface area contributed by atoms with Gasteiger partial charge in [0.1, 0.15) is 0 Å². The van der Waals surface area contributed by atoms with Crippen molar-refractivity contribution in [2.75, 3.05) is 18.0 Å². The number of hydrogen-bond acceptors (Lipinski definition) is 3. The molecule has 1 aromatic rings. The molecule has 0 aliphatic carbocycles. The highest BCUT2D eigenvalue weighted by atomic mass is 16.3. The van der Waals surface area contributed by atoms with Crippen LogP contribution in [-0.4, -0.2) is 24.3 Å². The normalized spacial score (nSPS) is 20.9. The molecule has 2 rings (SSSR count). The van der Waals surface area contributed by atoms with Gasteiger partial charge < -0.3 is 10.0 Å². The quantitative estimate of drug-likeness (QED) is 0.718. The summed E-state index contributed by atoms with van der Waals surface area (Å²) < 4.78 is 0. The Bertz CT molecular complexity index is 353. The summed E-state index contributed by atoms with van der Waals surface area (Å²) in [6, 6.07) is 9.55. The third-order valence-electron chi connectivity index (χ3n) is 2.52. The summed E-state index contributed by atoms with van der Waals surface area (Å²) in [4.78, 5) is 2.13. The second kappa shape index (κ2) is 3.69. The van der Waals surface area contributed by atoms with Gasteiger partial charge in [-0.25, -0.2) is 0 Å². The molecule has 0 unspecified atom stereocenters. The monoisotopic (exact) mass is 188 g/mol. The fourth-order valence-electron chi connectivity index (χ4n) is 1.72. The highest BCUT2D eigenvalue weighted by Gasteiger charge is 2.19. The molecule has 0 bridgehead atoms. The lowest BCUT2D eigenvalue weighted by molar-refractivity contribution is 0.198. The summed E-state index contributed by atoms with van der Waals surface area (Å²) >= 11 is 0. The molecule has 3 heteroatoms. The predicted octanol–water partition coefficient (Wildman–Crippen LogP) is 1.13. The molecular formula is C11H12N2O. The number of benzene rings is 1. The standard InChI is InChI=1S/C11H12N2O/c12-7-9-1-3-10(4-2-9)13-6-5-11(14)8-13/h1-4,11,14H,5-6,8H2/t11-/m1/s1. The first-order valence-corrected chi connectivity index (χ1v) is 4.73. The summed E-state index contributed by atoms with van der Waals surface area (Å²) in [6.45, 7) is 1.60. The maximum Gasteiger partial charge on any atom is 0.0991 e. The van der Waals surface area contributed by atoms with Crippen molar-refractivity contribution in [3.8, 4) is 6.07 Å². The largest absolute Gasteiger partial charge is 0.391 e. The molecule has 0 spiro atoms. The minimum absolute atomic E-state index is 0.203. The van der Waals surface area contributed by atoms with Crippen molar-refractivity contribution in [2.24, 2.45) is 0 Å². The van der Waals surface area contributed by atoms with Gasteiger partial charge in [0.05, 0.1) is 17.7 Å². The van der Waals surface area contributed by atoms with Gasteiger partial charge in [0, 0.05) is 18.8 Å². The number of nitrogens with zero attached hydrogens (tertiary/aromatic N) is 2. The van der Waals surface area contributed by atoms with Crippen molar-refractivity contribution in [3.63, 3.8) is 0 Å². The minimum atomic E-state index is -0.203. The molecule has 1 heterocycles. The first kappa shape index (κ1) is 9.04. The molecule has 0 radical (unpaired) electrons. The Morgan fingerprint density at radius 3 is 2.57 bits per heavy atom. The van der Waals surface area contributed by atoms with E-state index in [2.05, 4.69) is 11.0 Å². The Morgan fingerprint density at radius 2 is 2.07 bits per heavy atom. The van der Waals surface area contributed by atoms with Crippen LogP contribution in [-0.2, 0) is 0 Å². The van der Waals surface area contributed by atoms with Crippen LogP contribution in [0.3, 0.4) is 0 Å². The lowest BCUT2D eigenvalue weighted by Crippen LogP contribution is -2.20. The molecule has 0 amide bonds. The zero-order valence-corrected chi connectivity index (χ0v) is 7.85. The van der Waals surface area contributed by atoms with Crippen LogP contribution in [0.4, 0.5) is 5.69 Å². The van der Waals surface area contributed by atoms with Crippen molar-refractivity contribution in [2.45, 2.75) is 12.5 Å². The van der Waals surface area contributed by atoms with E-state index < -0.39 is 0 Å². The Labute approximate surface area is 83.2 Å². The number of β-amino-alcohol motifs (C(OH)–C–C–N with tert-alkyl or cyclic N) is 1. The van der Waals surface area contributed by atoms with E-state index in [-0.39, 0.29) is 6.10 Å². The molecule has 72 valence electrons. The van der Waals surface area contributed by atoms with E-state index in [9.17, 15) is 5.11 Å². The van der Waals surface area contributed by atoms with E-state index >= 15 is 0 Å². The van der Waals surface area contributed by atoms with Crippen LogP contribution in [0.25, 0.3) is 0 Å². The van der Waals surface area contributed by atoms with Crippen LogP contribution in [0.15, 0.2) is 24.3 Å². The summed E-state index contributed by atoms with van der Waals surface area (Å²) in [5.41, 5.74) is 1.76. The Balaban J connectivity index is 2.14. The van der Waals surface area contributed by atoms with Crippen LogP contribution in [0.1, 0.15) is 12.0 Å². The molecule has 1 aliphatic rings. The average molecular weight is 188 g/mol. The van der Waals surface area contributed by atoms with Gasteiger partial charge in [-0.2, -0.15) is 5.26 Å². The first-order chi connectivity index (χ1) is 6.79. The number of aliphatic hydroxyl groups excluding tert-OH is 1. The molecule has 1 saturated heterocycles. The summed E-state index contributed by atoms with van der Waals surface area (Å²) in [5, 5.41) is 18.0. The lowest BCUT2D eigenvalue weighted by atomic mass is 10.2. The molecular weight excluding hydrogens is 176 g/mol. The molecule has 14 heavy (non-hydrogen) atoms. The van der Waals surface area contributed by atoms with Gasteiger partial charge in [-0.05, 0) is 30.7 Å². The smallest absolute Gasteiger partial charge is 0.0991 e. The van der Waals surface area contributed by atoms with E-state index in [4.69, 9.17) is 5.26 Å². The predicted molar refractivity (Wildman–Crippen MR) is 54.0 cm³/mol. The van der Waals surface area contributed by atoms with E-state index in [0.717, 1.165) is 18.7 Å². The topological polar surface area (TPSA) is 47.3 Å². The Morgan fingerprint density at radius 1 is 1.36 bits per heavy atom. The van der Waals surface area contributed by atoms with Crippen molar-refractivity contribution in [1.29, 1.82) is 5.26 Å². The van der Waals surface area contributed by atoms with Crippen LogP contribution < -0.4 is 4.90 Å². The number of nitriles is 1. The second-order valence-corrected chi connectivity index (χ2v) is 3.55. The van der Waals surface area contributed by atoms with E-state index in [1.807, 2.05) is 12.1 Å². The number of anilines is 1. The third-order valence-corrected chi connectivity index (χ3v) is 2.52. The highest BCUT2D eigenvalue weighted by Crippen LogP contribution is 2.20. The van der Waals surface area contributed by atoms with Gasteiger partial charge >= 0.3 is 0 Å². The van der Waals surface area contributed by atoms with Crippen molar-refractivity contribution >= 4 is 5.69 Å². The second-order valence-electron chi connectivity index (χ2n) is 3.55. The van der Waals surface area contributed by atoms with E-state index in [0.29, 0.717) is 12.1 Å². The van der Waals surface area contributed by atoms with Crippen molar-refractivity contribution < 1.29 is 5.11 Å². The maximum atomic E-state index is 9.37. The SMILES string of the molecule is N#Cc1ccc(N2CC[C@@H](O)C2)cc1. The van der Waals surface area contributed by atoms with Gasteiger partial charge in [0.15, 0.2) is 0 Å². The fraction of sp³-hybridized carbons (Fsp3) is 0.364. The molecule has 3 nitrogen and oxygen atoms in total. The Kier molecular flexibility index (Phi) is 2.38. The van der Waals surface area contributed by atoms with E-state index in [1.165, 1.54) is 0 Å². The van der Waals surface area contributed by atoms with Crippen LogP contribution in [0.5, 0.6) is 0 Å². The molecule has 1 aliphatic heterocycles. The van der Waals surface area contributed by atoms with Crippen molar-refractivity contribution in [3.05, 3.63) is 29.8 Å². The Hall–Kier alpha value is -1.53. The highest BCUT2D eigenvalue weighted by molar-refractivity contribution is 5.50. The van der Waals surface area contributed by atoms with Crippen LogP contribution in [0.2, 0.25) is 0 Å². The zero-order valence-electron chi connectivity index (χ0n) is 7.85. The summed E-state index contributed by atoms with van der Waals surface area (Å²) in [6.07, 6.45) is 0.630. The molecule has 1 aromatic carbocycles. The number of rotatable bonds is 1. The van der Waals surface area contributed by atoms with Gasteiger partial charge in [-0.1, -0.05) is 0 Å². The van der Waals surface area contributed by atoms with Crippen LogP contribution in [0, 0.1) is 11.3 Å².